The number of pyridine rings is 1. The van der Waals surface area contributed by atoms with E-state index in [4.69, 9.17) is 4.42 Å². The fourth-order valence-corrected chi connectivity index (χ4v) is 2.65. The summed E-state index contributed by atoms with van der Waals surface area (Å²) in [5.74, 6) is 1.89. The van der Waals surface area contributed by atoms with Crippen LogP contribution in [0.4, 0.5) is 0 Å². The SMILES string of the molecule is CCCNC(c1ccc(C)o1)c1cccc2ccncc12. The highest BCUT2D eigenvalue weighted by atomic mass is 16.3. The van der Waals surface area contributed by atoms with Crippen LogP contribution in [0.15, 0.2) is 53.2 Å². The second kappa shape index (κ2) is 6.10. The molecule has 3 rings (SSSR count). The van der Waals surface area contributed by atoms with Gasteiger partial charge in [0.25, 0.3) is 0 Å². The first kappa shape index (κ1) is 13.8. The number of nitrogens with zero attached hydrogens (tertiary/aromatic N) is 1. The summed E-state index contributed by atoms with van der Waals surface area (Å²) in [6.07, 6.45) is 4.85. The van der Waals surface area contributed by atoms with E-state index in [0.717, 1.165) is 24.5 Å². The van der Waals surface area contributed by atoms with Gasteiger partial charge in [0, 0.05) is 17.8 Å². The molecule has 3 aromatic rings. The van der Waals surface area contributed by atoms with Crippen molar-refractivity contribution in [1.82, 2.24) is 10.3 Å². The van der Waals surface area contributed by atoms with Crippen LogP contribution >= 0.6 is 0 Å². The van der Waals surface area contributed by atoms with Crippen LogP contribution in [0, 0.1) is 6.92 Å². The lowest BCUT2D eigenvalue weighted by molar-refractivity contribution is 0.431. The number of furan rings is 1. The Bertz CT molecular complexity index is 727. The van der Waals surface area contributed by atoms with E-state index >= 15 is 0 Å². The highest BCUT2D eigenvalue weighted by molar-refractivity contribution is 5.85. The molecule has 1 N–H and O–H groups in total. The number of aryl methyl sites for hydroxylation is 1. The molecule has 1 unspecified atom stereocenters. The van der Waals surface area contributed by atoms with Crippen LogP contribution in [0.5, 0.6) is 0 Å². The number of hydrogen-bond acceptors (Lipinski definition) is 3. The summed E-state index contributed by atoms with van der Waals surface area (Å²) in [5, 5.41) is 5.96. The zero-order valence-electron chi connectivity index (χ0n) is 12.5. The molecule has 2 aromatic heterocycles. The lowest BCUT2D eigenvalue weighted by atomic mass is 9.98. The normalized spacial score (nSPS) is 12.7. The molecule has 0 fully saturated rings. The topological polar surface area (TPSA) is 38.1 Å². The molecule has 0 spiro atoms. The molecule has 0 radical (unpaired) electrons. The zero-order valence-corrected chi connectivity index (χ0v) is 12.5. The molecular formula is C18H20N2O. The Kier molecular flexibility index (Phi) is 4.02. The third-order valence-electron chi connectivity index (χ3n) is 3.67. The summed E-state index contributed by atoms with van der Waals surface area (Å²) in [4.78, 5) is 4.28. The molecule has 0 saturated heterocycles. The van der Waals surface area contributed by atoms with Crippen LogP contribution in [0.25, 0.3) is 10.8 Å². The maximum atomic E-state index is 5.86. The van der Waals surface area contributed by atoms with Crippen molar-refractivity contribution in [2.45, 2.75) is 26.3 Å². The molecule has 0 aliphatic rings. The Balaban J connectivity index is 2.09. The fourth-order valence-electron chi connectivity index (χ4n) is 2.65. The predicted octanol–water partition coefficient (Wildman–Crippen LogP) is 4.23. The molecule has 2 heterocycles. The predicted molar refractivity (Wildman–Crippen MR) is 85.3 cm³/mol. The van der Waals surface area contributed by atoms with E-state index in [2.05, 4.69) is 41.5 Å². The summed E-state index contributed by atoms with van der Waals surface area (Å²) in [7, 11) is 0. The number of hydrogen-bond donors (Lipinski definition) is 1. The first-order chi connectivity index (χ1) is 10.3. The third kappa shape index (κ3) is 2.83. The van der Waals surface area contributed by atoms with Crippen molar-refractivity contribution in [3.63, 3.8) is 0 Å². The molecule has 21 heavy (non-hydrogen) atoms. The standard InChI is InChI=1S/C18H20N2O/c1-3-10-20-18(17-8-7-13(2)21-17)15-6-4-5-14-9-11-19-12-16(14)15/h4-9,11-12,18,20H,3,10H2,1-2H3. The van der Waals surface area contributed by atoms with Crippen LogP contribution < -0.4 is 5.32 Å². The minimum atomic E-state index is 0.0616. The Morgan fingerprint density at radius 1 is 1.19 bits per heavy atom. The van der Waals surface area contributed by atoms with Gasteiger partial charge in [0.1, 0.15) is 11.5 Å². The van der Waals surface area contributed by atoms with Gasteiger partial charge in [-0.2, -0.15) is 0 Å². The van der Waals surface area contributed by atoms with E-state index < -0.39 is 0 Å². The monoisotopic (exact) mass is 280 g/mol. The van der Waals surface area contributed by atoms with Crippen molar-refractivity contribution in [3.05, 3.63) is 65.9 Å². The largest absolute Gasteiger partial charge is 0.464 e. The van der Waals surface area contributed by atoms with Crippen molar-refractivity contribution in [1.29, 1.82) is 0 Å². The molecule has 0 aliphatic heterocycles. The average molecular weight is 280 g/mol. The smallest absolute Gasteiger partial charge is 0.125 e. The Morgan fingerprint density at radius 2 is 2.10 bits per heavy atom. The number of aromatic nitrogens is 1. The van der Waals surface area contributed by atoms with Gasteiger partial charge in [-0.05, 0) is 49.0 Å². The van der Waals surface area contributed by atoms with Gasteiger partial charge < -0.3 is 9.73 Å². The zero-order chi connectivity index (χ0) is 14.7. The van der Waals surface area contributed by atoms with E-state index in [1.165, 1.54) is 16.3 Å². The van der Waals surface area contributed by atoms with E-state index in [-0.39, 0.29) is 6.04 Å². The van der Waals surface area contributed by atoms with Crippen LogP contribution in [0.3, 0.4) is 0 Å². The molecule has 3 nitrogen and oxygen atoms in total. The van der Waals surface area contributed by atoms with Crippen molar-refractivity contribution in [2.24, 2.45) is 0 Å². The summed E-state index contributed by atoms with van der Waals surface area (Å²) >= 11 is 0. The molecular weight excluding hydrogens is 260 g/mol. The van der Waals surface area contributed by atoms with Crippen molar-refractivity contribution in [3.8, 4) is 0 Å². The second-order valence-corrected chi connectivity index (χ2v) is 5.28. The van der Waals surface area contributed by atoms with Crippen molar-refractivity contribution >= 4 is 10.8 Å². The van der Waals surface area contributed by atoms with Gasteiger partial charge in [0.05, 0.1) is 6.04 Å². The summed E-state index contributed by atoms with van der Waals surface area (Å²) < 4.78 is 5.86. The average Bonchev–Trinajstić information content (AvgIpc) is 2.94. The first-order valence-corrected chi connectivity index (χ1v) is 7.42. The molecule has 3 heteroatoms. The second-order valence-electron chi connectivity index (χ2n) is 5.28. The van der Waals surface area contributed by atoms with Crippen LogP contribution in [-0.2, 0) is 0 Å². The molecule has 0 aliphatic carbocycles. The molecule has 0 saturated carbocycles. The van der Waals surface area contributed by atoms with Gasteiger partial charge in [0.2, 0.25) is 0 Å². The van der Waals surface area contributed by atoms with Gasteiger partial charge in [-0.25, -0.2) is 0 Å². The number of rotatable bonds is 5. The van der Waals surface area contributed by atoms with E-state index in [0.29, 0.717) is 0 Å². The first-order valence-electron chi connectivity index (χ1n) is 7.42. The number of nitrogens with one attached hydrogen (secondary N) is 1. The van der Waals surface area contributed by atoms with E-state index in [9.17, 15) is 0 Å². The molecule has 1 aromatic carbocycles. The quantitative estimate of drug-likeness (QED) is 0.760. The highest BCUT2D eigenvalue weighted by Crippen LogP contribution is 2.29. The fraction of sp³-hybridized carbons (Fsp3) is 0.278. The molecule has 0 bridgehead atoms. The van der Waals surface area contributed by atoms with Crippen molar-refractivity contribution in [2.75, 3.05) is 6.54 Å². The molecule has 108 valence electrons. The minimum Gasteiger partial charge on any atom is -0.464 e. The van der Waals surface area contributed by atoms with Crippen LogP contribution in [-0.4, -0.2) is 11.5 Å². The maximum Gasteiger partial charge on any atom is 0.125 e. The summed E-state index contributed by atoms with van der Waals surface area (Å²) in [5.41, 5.74) is 1.21. The number of fused-ring (bicyclic) bond motifs is 1. The Morgan fingerprint density at radius 3 is 2.86 bits per heavy atom. The maximum absolute atomic E-state index is 5.86. The van der Waals surface area contributed by atoms with Gasteiger partial charge in [-0.1, -0.05) is 25.1 Å². The van der Waals surface area contributed by atoms with Gasteiger partial charge in [-0.3, -0.25) is 4.98 Å². The minimum absolute atomic E-state index is 0.0616. The number of benzene rings is 1. The highest BCUT2D eigenvalue weighted by Gasteiger charge is 2.19. The molecule has 1 atom stereocenters. The summed E-state index contributed by atoms with van der Waals surface area (Å²) in [6, 6.07) is 12.5. The lowest BCUT2D eigenvalue weighted by Gasteiger charge is -2.18. The van der Waals surface area contributed by atoms with Gasteiger partial charge in [-0.15, -0.1) is 0 Å². The van der Waals surface area contributed by atoms with Gasteiger partial charge >= 0.3 is 0 Å². The van der Waals surface area contributed by atoms with E-state index in [1.807, 2.05) is 31.5 Å². The van der Waals surface area contributed by atoms with Crippen LogP contribution in [0.2, 0.25) is 0 Å². The Labute approximate surface area is 125 Å². The van der Waals surface area contributed by atoms with Gasteiger partial charge in [0.15, 0.2) is 0 Å². The third-order valence-corrected chi connectivity index (χ3v) is 3.67. The van der Waals surface area contributed by atoms with E-state index in [1.54, 1.807) is 0 Å². The van der Waals surface area contributed by atoms with Crippen molar-refractivity contribution < 1.29 is 4.42 Å². The lowest BCUT2D eigenvalue weighted by Crippen LogP contribution is -2.23. The van der Waals surface area contributed by atoms with Crippen LogP contribution in [0.1, 0.15) is 36.5 Å². The molecule has 0 amide bonds. The summed E-state index contributed by atoms with van der Waals surface area (Å²) in [6.45, 7) is 5.09. The Hall–Kier alpha value is -2.13.